The van der Waals surface area contributed by atoms with Crippen LogP contribution in [0.3, 0.4) is 0 Å². The van der Waals surface area contributed by atoms with Gasteiger partial charge >= 0.3 is 0 Å². The van der Waals surface area contributed by atoms with Crippen LogP contribution in [0.15, 0.2) is 18.2 Å². The van der Waals surface area contributed by atoms with E-state index in [0.717, 1.165) is 18.7 Å². The van der Waals surface area contributed by atoms with Gasteiger partial charge in [0, 0.05) is 25.7 Å². The second-order valence-corrected chi connectivity index (χ2v) is 5.44. The molecule has 2 rings (SSSR count). The minimum Gasteiger partial charge on any atom is -0.393 e. The summed E-state index contributed by atoms with van der Waals surface area (Å²) >= 11 is 0. The third kappa shape index (κ3) is 3.91. The van der Waals surface area contributed by atoms with Gasteiger partial charge in [0.2, 0.25) is 0 Å². The Balaban J connectivity index is 1.88. The zero-order valence-electron chi connectivity index (χ0n) is 11.9. The molecule has 1 aliphatic rings. The molecule has 0 unspecified atom stereocenters. The summed E-state index contributed by atoms with van der Waals surface area (Å²) in [7, 11) is 2.04. The van der Waals surface area contributed by atoms with Crippen molar-refractivity contribution >= 4 is 11.4 Å². The predicted molar refractivity (Wildman–Crippen MR) is 79.5 cm³/mol. The van der Waals surface area contributed by atoms with Crippen LogP contribution in [0.4, 0.5) is 11.4 Å². The van der Waals surface area contributed by atoms with Crippen molar-refractivity contribution in [1.82, 2.24) is 9.80 Å². The summed E-state index contributed by atoms with van der Waals surface area (Å²) in [5.74, 6) is 0. The highest BCUT2D eigenvalue weighted by Gasteiger charge is 2.14. The number of hydrogen-bond acceptors (Lipinski definition) is 5. The summed E-state index contributed by atoms with van der Waals surface area (Å²) in [6.07, 6.45) is 2.60. The molecule has 0 bridgehead atoms. The molecule has 0 radical (unpaired) electrons. The number of nitro benzene ring substituents is 1. The van der Waals surface area contributed by atoms with E-state index >= 15 is 0 Å². The topological polar surface area (TPSA) is 75.6 Å². The van der Waals surface area contributed by atoms with E-state index in [1.807, 2.05) is 13.1 Å². The number of rotatable bonds is 6. The fraction of sp³-hybridized carbons (Fsp3) is 0.571. The van der Waals surface area contributed by atoms with Gasteiger partial charge < -0.3 is 15.5 Å². The summed E-state index contributed by atoms with van der Waals surface area (Å²) in [6.45, 7) is 5.13. The molecule has 0 amide bonds. The lowest BCUT2D eigenvalue weighted by atomic mass is 10.1. The van der Waals surface area contributed by atoms with Crippen molar-refractivity contribution in [1.29, 1.82) is 0 Å². The highest BCUT2D eigenvalue weighted by molar-refractivity contribution is 5.59. The van der Waals surface area contributed by atoms with E-state index < -0.39 is 4.92 Å². The molecule has 0 aliphatic carbocycles. The predicted octanol–water partition coefficient (Wildman–Crippen LogP) is 1.70. The van der Waals surface area contributed by atoms with Gasteiger partial charge in [-0.2, -0.15) is 0 Å². The van der Waals surface area contributed by atoms with E-state index in [0.29, 0.717) is 6.54 Å². The van der Waals surface area contributed by atoms with Crippen molar-refractivity contribution in [2.24, 2.45) is 0 Å². The molecule has 1 heterocycles. The molecule has 6 nitrogen and oxygen atoms in total. The molecule has 1 aliphatic heterocycles. The minimum atomic E-state index is -0.428. The number of nitro groups is 1. The summed E-state index contributed by atoms with van der Waals surface area (Å²) in [5, 5.41) is 10.9. The molecule has 6 heteroatoms. The van der Waals surface area contributed by atoms with E-state index in [2.05, 4.69) is 9.80 Å². The van der Waals surface area contributed by atoms with E-state index in [-0.39, 0.29) is 11.4 Å². The zero-order valence-corrected chi connectivity index (χ0v) is 11.9. The first kappa shape index (κ1) is 14.7. The fourth-order valence-electron chi connectivity index (χ4n) is 2.55. The molecule has 110 valence electrons. The maximum Gasteiger partial charge on any atom is 0.292 e. The lowest BCUT2D eigenvalue weighted by Crippen LogP contribution is -2.31. The Kier molecular flexibility index (Phi) is 4.92. The number of benzene rings is 1. The number of likely N-dealkylation sites (tertiary alicyclic amines) is 1. The van der Waals surface area contributed by atoms with E-state index in [4.69, 9.17) is 5.73 Å². The van der Waals surface area contributed by atoms with Gasteiger partial charge in [0.1, 0.15) is 5.69 Å². The van der Waals surface area contributed by atoms with Gasteiger partial charge in [-0.25, -0.2) is 0 Å². The average Bonchev–Trinajstić information content (AvgIpc) is 2.91. The molecule has 0 atom stereocenters. The first-order valence-electron chi connectivity index (χ1n) is 7.00. The van der Waals surface area contributed by atoms with E-state index in [1.54, 1.807) is 12.1 Å². The van der Waals surface area contributed by atoms with Crippen LogP contribution in [0, 0.1) is 10.1 Å². The molecule has 2 N–H and O–H groups in total. The van der Waals surface area contributed by atoms with Crippen LogP contribution in [0.25, 0.3) is 0 Å². The molecule has 0 aromatic heterocycles. The van der Waals surface area contributed by atoms with Crippen molar-refractivity contribution in [3.05, 3.63) is 33.9 Å². The SMILES string of the molecule is CN(CCN1CCCC1)Cc1ccc(N)c([N+](=O)[O-])c1. The minimum absolute atomic E-state index is 0.00422. The summed E-state index contributed by atoms with van der Waals surface area (Å²) in [4.78, 5) is 15.1. The van der Waals surface area contributed by atoms with Crippen LogP contribution in [-0.4, -0.2) is 47.9 Å². The Morgan fingerprint density at radius 3 is 2.75 bits per heavy atom. The Hall–Kier alpha value is -1.66. The Morgan fingerprint density at radius 1 is 1.40 bits per heavy atom. The Morgan fingerprint density at radius 2 is 2.10 bits per heavy atom. The van der Waals surface area contributed by atoms with E-state index in [9.17, 15) is 10.1 Å². The van der Waals surface area contributed by atoms with Gasteiger partial charge in [-0.05, 0) is 44.6 Å². The molecule has 0 saturated carbocycles. The van der Waals surface area contributed by atoms with Crippen molar-refractivity contribution in [2.75, 3.05) is 39.0 Å². The van der Waals surface area contributed by atoms with Crippen molar-refractivity contribution < 1.29 is 4.92 Å². The maximum absolute atomic E-state index is 10.9. The largest absolute Gasteiger partial charge is 0.393 e. The van der Waals surface area contributed by atoms with Crippen molar-refractivity contribution in [2.45, 2.75) is 19.4 Å². The normalized spacial score (nSPS) is 15.9. The van der Waals surface area contributed by atoms with Gasteiger partial charge in [0.25, 0.3) is 5.69 Å². The van der Waals surface area contributed by atoms with E-state index in [1.165, 1.54) is 25.9 Å². The molecule has 1 aromatic carbocycles. The van der Waals surface area contributed by atoms with Crippen molar-refractivity contribution in [3.63, 3.8) is 0 Å². The average molecular weight is 278 g/mol. The monoisotopic (exact) mass is 278 g/mol. The number of hydrogen-bond donors (Lipinski definition) is 1. The molecular weight excluding hydrogens is 256 g/mol. The molecule has 1 aromatic rings. The number of likely N-dealkylation sites (N-methyl/N-ethyl adjacent to an activating group) is 1. The van der Waals surface area contributed by atoms with Gasteiger partial charge in [-0.3, -0.25) is 10.1 Å². The fourth-order valence-corrected chi connectivity index (χ4v) is 2.55. The van der Waals surface area contributed by atoms with Gasteiger partial charge in [-0.1, -0.05) is 6.07 Å². The van der Waals surface area contributed by atoms with Crippen LogP contribution in [0.2, 0.25) is 0 Å². The molecular formula is C14H22N4O2. The van der Waals surface area contributed by atoms with Gasteiger partial charge in [-0.15, -0.1) is 0 Å². The number of nitrogens with zero attached hydrogens (tertiary/aromatic N) is 3. The molecule has 20 heavy (non-hydrogen) atoms. The Labute approximate surface area is 119 Å². The molecule has 1 fully saturated rings. The first-order chi connectivity index (χ1) is 9.56. The summed E-state index contributed by atoms with van der Waals surface area (Å²) < 4.78 is 0. The quantitative estimate of drug-likeness (QED) is 0.487. The number of nitrogen functional groups attached to an aromatic ring is 1. The van der Waals surface area contributed by atoms with Crippen LogP contribution >= 0.6 is 0 Å². The first-order valence-corrected chi connectivity index (χ1v) is 7.00. The van der Waals surface area contributed by atoms with Gasteiger partial charge in [0.15, 0.2) is 0 Å². The molecule has 1 saturated heterocycles. The van der Waals surface area contributed by atoms with Crippen LogP contribution in [-0.2, 0) is 6.54 Å². The lowest BCUT2D eigenvalue weighted by Gasteiger charge is -2.21. The summed E-state index contributed by atoms with van der Waals surface area (Å²) in [6, 6.07) is 5.04. The zero-order chi connectivity index (χ0) is 14.5. The van der Waals surface area contributed by atoms with Crippen molar-refractivity contribution in [3.8, 4) is 0 Å². The summed E-state index contributed by atoms with van der Waals surface area (Å²) in [5.41, 5.74) is 6.74. The van der Waals surface area contributed by atoms with Gasteiger partial charge in [0.05, 0.1) is 4.92 Å². The standard InChI is InChI=1S/C14H22N4O2/c1-16(8-9-17-6-2-3-7-17)11-12-4-5-13(15)14(10-12)18(19)20/h4-5,10H,2-3,6-9,11,15H2,1H3. The second kappa shape index (κ2) is 6.67. The molecule has 0 spiro atoms. The third-order valence-electron chi connectivity index (χ3n) is 3.74. The maximum atomic E-state index is 10.9. The highest BCUT2D eigenvalue weighted by atomic mass is 16.6. The van der Waals surface area contributed by atoms with Crippen LogP contribution in [0.1, 0.15) is 18.4 Å². The Bertz CT molecular complexity index is 472. The van der Waals surface area contributed by atoms with Crippen LogP contribution < -0.4 is 5.73 Å². The van der Waals surface area contributed by atoms with Crippen LogP contribution in [0.5, 0.6) is 0 Å². The second-order valence-electron chi connectivity index (χ2n) is 5.44. The number of nitrogens with two attached hydrogens (primary N) is 1. The lowest BCUT2D eigenvalue weighted by molar-refractivity contribution is -0.384. The third-order valence-corrected chi connectivity index (χ3v) is 3.74. The highest BCUT2D eigenvalue weighted by Crippen LogP contribution is 2.22. The smallest absolute Gasteiger partial charge is 0.292 e. The number of anilines is 1.